The molecule has 0 bridgehead atoms. The molecule has 21 heavy (non-hydrogen) atoms. The average Bonchev–Trinajstić information content (AvgIpc) is 2.37. The van der Waals surface area contributed by atoms with Crippen LogP contribution in [0.25, 0.3) is 0 Å². The zero-order chi connectivity index (χ0) is 15.8. The van der Waals surface area contributed by atoms with Crippen molar-refractivity contribution in [2.75, 3.05) is 4.90 Å². The van der Waals surface area contributed by atoms with Crippen LogP contribution in [-0.2, 0) is 4.79 Å². The first kappa shape index (κ1) is 16.2. The summed E-state index contributed by atoms with van der Waals surface area (Å²) in [5.41, 5.74) is 1.99. The summed E-state index contributed by atoms with van der Waals surface area (Å²) < 4.78 is 0. The third-order valence-corrected chi connectivity index (χ3v) is 4.63. The monoisotopic (exact) mass is 309 g/mol. The molecule has 0 spiro atoms. The number of anilines is 1. The molecular weight excluding hydrogens is 286 g/mol. The van der Waals surface area contributed by atoms with Gasteiger partial charge in [0.2, 0.25) is 0 Å². The molecule has 2 rings (SSSR count). The van der Waals surface area contributed by atoms with E-state index in [0.717, 1.165) is 24.1 Å². The quantitative estimate of drug-likeness (QED) is 0.877. The number of carboxylic acids is 1. The van der Waals surface area contributed by atoms with Gasteiger partial charge in [-0.3, -0.25) is 0 Å². The van der Waals surface area contributed by atoms with Gasteiger partial charge in [0.15, 0.2) is 0 Å². The van der Waals surface area contributed by atoms with Crippen LogP contribution in [0.4, 0.5) is 5.69 Å². The van der Waals surface area contributed by atoms with Crippen LogP contribution >= 0.6 is 11.6 Å². The second-order valence-electron chi connectivity index (χ2n) is 6.63. The number of hydrogen-bond donors (Lipinski definition) is 1. The highest BCUT2D eigenvalue weighted by atomic mass is 35.5. The molecule has 0 amide bonds. The van der Waals surface area contributed by atoms with Crippen molar-refractivity contribution in [1.29, 1.82) is 0 Å². The summed E-state index contributed by atoms with van der Waals surface area (Å²) in [4.78, 5) is 13.9. The first-order chi connectivity index (χ1) is 9.77. The van der Waals surface area contributed by atoms with Gasteiger partial charge < -0.3 is 10.0 Å². The second kappa shape index (κ2) is 5.88. The highest BCUT2D eigenvalue weighted by Crippen LogP contribution is 2.45. The Morgan fingerprint density at radius 1 is 1.52 bits per heavy atom. The van der Waals surface area contributed by atoms with Crippen molar-refractivity contribution in [2.45, 2.75) is 64.5 Å². The molecule has 0 saturated carbocycles. The van der Waals surface area contributed by atoms with Gasteiger partial charge in [0, 0.05) is 16.2 Å². The van der Waals surface area contributed by atoms with Crippen LogP contribution in [0, 0.1) is 0 Å². The smallest absolute Gasteiger partial charge is 0.326 e. The van der Waals surface area contributed by atoms with Crippen LogP contribution in [0.15, 0.2) is 18.2 Å². The first-order valence-corrected chi connectivity index (χ1v) is 7.97. The first-order valence-electron chi connectivity index (χ1n) is 7.59. The lowest BCUT2D eigenvalue weighted by molar-refractivity contribution is -0.139. The number of nitrogens with zero attached hydrogens (tertiary/aromatic N) is 1. The summed E-state index contributed by atoms with van der Waals surface area (Å²) in [7, 11) is 0. The standard InChI is InChI=1S/C17H24ClNO2/c1-5-6-15(16(20)21)19-14-8-7-12(18)9-13(14)11(2)10-17(19,3)4/h7-9,11,15H,5-6,10H2,1-4H3,(H,20,21)/t11-,15+/m1/s1. The molecule has 0 fully saturated rings. The van der Waals surface area contributed by atoms with E-state index >= 15 is 0 Å². The summed E-state index contributed by atoms with van der Waals surface area (Å²) in [5, 5.41) is 10.4. The Balaban J connectivity index is 2.56. The van der Waals surface area contributed by atoms with Crippen molar-refractivity contribution in [3.8, 4) is 0 Å². The molecule has 0 aliphatic carbocycles. The van der Waals surface area contributed by atoms with Gasteiger partial charge >= 0.3 is 5.97 Å². The Hall–Kier alpha value is -1.22. The van der Waals surface area contributed by atoms with Crippen LogP contribution in [0.2, 0.25) is 5.02 Å². The predicted octanol–water partition coefficient (Wildman–Crippen LogP) is 4.69. The lowest BCUT2D eigenvalue weighted by atomic mass is 9.79. The van der Waals surface area contributed by atoms with E-state index in [1.54, 1.807) is 0 Å². The minimum Gasteiger partial charge on any atom is -0.480 e. The maximum atomic E-state index is 11.8. The van der Waals surface area contributed by atoms with E-state index < -0.39 is 12.0 Å². The van der Waals surface area contributed by atoms with Gasteiger partial charge in [0.05, 0.1) is 0 Å². The molecule has 1 aliphatic heterocycles. The molecular formula is C17H24ClNO2. The highest BCUT2D eigenvalue weighted by Gasteiger charge is 2.42. The Morgan fingerprint density at radius 2 is 2.19 bits per heavy atom. The average molecular weight is 310 g/mol. The topological polar surface area (TPSA) is 40.5 Å². The number of fused-ring (bicyclic) bond motifs is 1. The van der Waals surface area contributed by atoms with Crippen molar-refractivity contribution in [2.24, 2.45) is 0 Å². The van der Waals surface area contributed by atoms with E-state index in [1.165, 1.54) is 0 Å². The van der Waals surface area contributed by atoms with E-state index in [2.05, 4.69) is 25.7 Å². The molecule has 2 atom stereocenters. The van der Waals surface area contributed by atoms with Gasteiger partial charge in [-0.25, -0.2) is 4.79 Å². The van der Waals surface area contributed by atoms with Crippen LogP contribution in [0.5, 0.6) is 0 Å². The molecule has 0 radical (unpaired) electrons. The maximum absolute atomic E-state index is 11.8. The number of benzene rings is 1. The van der Waals surface area contributed by atoms with E-state index in [1.807, 2.05) is 25.1 Å². The second-order valence-corrected chi connectivity index (χ2v) is 7.07. The molecule has 1 aromatic rings. The third kappa shape index (κ3) is 3.03. The molecule has 0 unspecified atom stereocenters. The zero-order valence-corrected chi connectivity index (χ0v) is 13.9. The fourth-order valence-corrected chi connectivity index (χ4v) is 3.83. The number of rotatable bonds is 4. The number of carboxylic acid groups (broad SMARTS) is 1. The molecule has 116 valence electrons. The molecule has 0 saturated heterocycles. The highest BCUT2D eigenvalue weighted by molar-refractivity contribution is 6.30. The minimum absolute atomic E-state index is 0.182. The normalized spacial score (nSPS) is 21.8. The van der Waals surface area contributed by atoms with E-state index in [9.17, 15) is 9.90 Å². The van der Waals surface area contributed by atoms with Crippen LogP contribution in [-0.4, -0.2) is 22.7 Å². The zero-order valence-electron chi connectivity index (χ0n) is 13.2. The number of carbonyl (C=O) groups is 1. The SMILES string of the molecule is CCC[C@@H](C(=O)O)N1c2ccc(Cl)cc2[C@H](C)CC1(C)C. The summed E-state index contributed by atoms with van der Waals surface area (Å²) in [6.07, 6.45) is 2.42. The Labute approximate surface area is 131 Å². The number of aliphatic carboxylic acids is 1. The Bertz CT molecular complexity index is 542. The summed E-state index contributed by atoms with van der Waals surface area (Å²) >= 11 is 6.13. The Morgan fingerprint density at radius 3 is 2.76 bits per heavy atom. The van der Waals surface area contributed by atoms with Crippen molar-refractivity contribution < 1.29 is 9.90 Å². The van der Waals surface area contributed by atoms with Crippen molar-refractivity contribution in [1.82, 2.24) is 0 Å². The fourth-order valence-electron chi connectivity index (χ4n) is 3.65. The largest absolute Gasteiger partial charge is 0.480 e. The molecule has 0 aromatic heterocycles. The van der Waals surface area contributed by atoms with E-state index in [0.29, 0.717) is 17.4 Å². The van der Waals surface area contributed by atoms with Crippen LogP contribution in [0.1, 0.15) is 58.4 Å². The summed E-state index contributed by atoms with van der Waals surface area (Å²) in [6.45, 7) is 8.47. The third-order valence-electron chi connectivity index (χ3n) is 4.40. The van der Waals surface area contributed by atoms with Crippen LogP contribution < -0.4 is 4.90 Å². The predicted molar refractivity (Wildman–Crippen MR) is 87.4 cm³/mol. The van der Waals surface area contributed by atoms with Gasteiger partial charge in [-0.2, -0.15) is 0 Å². The van der Waals surface area contributed by atoms with Crippen molar-refractivity contribution in [3.63, 3.8) is 0 Å². The summed E-state index contributed by atoms with van der Waals surface area (Å²) in [5.74, 6) is -0.374. The van der Waals surface area contributed by atoms with Gasteiger partial charge in [0.25, 0.3) is 0 Å². The van der Waals surface area contributed by atoms with Crippen molar-refractivity contribution in [3.05, 3.63) is 28.8 Å². The molecule has 1 aliphatic rings. The maximum Gasteiger partial charge on any atom is 0.326 e. The Kier molecular flexibility index (Phi) is 4.52. The van der Waals surface area contributed by atoms with Crippen LogP contribution in [0.3, 0.4) is 0 Å². The van der Waals surface area contributed by atoms with Gasteiger partial charge in [-0.15, -0.1) is 0 Å². The molecule has 4 heteroatoms. The van der Waals surface area contributed by atoms with Gasteiger partial charge in [-0.1, -0.05) is 31.9 Å². The minimum atomic E-state index is -0.750. The van der Waals surface area contributed by atoms with Gasteiger partial charge in [0.1, 0.15) is 6.04 Å². The molecule has 1 N–H and O–H groups in total. The van der Waals surface area contributed by atoms with E-state index in [4.69, 9.17) is 11.6 Å². The van der Waals surface area contributed by atoms with Gasteiger partial charge in [-0.05, 0) is 56.4 Å². The summed E-state index contributed by atoms with van der Waals surface area (Å²) in [6, 6.07) is 5.32. The van der Waals surface area contributed by atoms with E-state index in [-0.39, 0.29) is 5.54 Å². The molecule has 1 heterocycles. The van der Waals surface area contributed by atoms with Crippen molar-refractivity contribution >= 4 is 23.3 Å². The molecule has 1 aromatic carbocycles. The molecule has 3 nitrogen and oxygen atoms in total. The fraction of sp³-hybridized carbons (Fsp3) is 0.588. The number of hydrogen-bond acceptors (Lipinski definition) is 2. The lowest BCUT2D eigenvalue weighted by Gasteiger charge is -2.50. The number of halogens is 1. The lowest BCUT2D eigenvalue weighted by Crippen LogP contribution is -2.56.